The molecule has 1 aliphatic heterocycles. The fourth-order valence-corrected chi connectivity index (χ4v) is 1.75. The first-order valence-corrected chi connectivity index (χ1v) is 5.48. The molecule has 0 spiro atoms. The summed E-state index contributed by atoms with van der Waals surface area (Å²) in [5.74, 6) is 1.31. The maximum atomic E-state index is 5.81. The van der Waals surface area contributed by atoms with Crippen molar-refractivity contribution in [1.82, 2.24) is 4.90 Å². The molecule has 2 nitrogen and oxygen atoms in total. The summed E-state index contributed by atoms with van der Waals surface area (Å²) in [5.41, 5.74) is 0.179. The highest BCUT2D eigenvalue weighted by Crippen LogP contribution is 2.20. The summed E-state index contributed by atoms with van der Waals surface area (Å²) in [6, 6.07) is 0. The van der Waals surface area contributed by atoms with E-state index < -0.39 is 0 Å². The molecule has 1 heterocycles. The van der Waals surface area contributed by atoms with Crippen molar-refractivity contribution in [3.05, 3.63) is 0 Å². The molecular formula is C10H20ClNO. The smallest absolute Gasteiger partial charge is 0.0645 e. The lowest BCUT2D eigenvalue weighted by Gasteiger charge is -2.43. The van der Waals surface area contributed by atoms with E-state index in [0.29, 0.717) is 5.92 Å². The Labute approximate surface area is 86.2 Å². The zero-order valence-electron chi connectivity index (χ0n) is 8.85. The second-order valence-corrected chi connectivity index (χ2v) is 4.88. The van der Waals surface area contributed by atoms with Crippen molar-refractivity contribution in [2.75, 3.05) is 32.2 Å². The van der Waals surface area contributed by atoms with Crippen molar-refractivity contribution in [1.29, 1.82) is 0 Å². The molecule has 0 aliphatic carbocycles. The van der Waals surface area contributed by atoms with E-state index in [1.807, 2.05) is 0 Å². The highest BCUT2D eigenvalue weighted by atomic mass is 35.5. The number of nitrogens with zero attached hydrogens (tertiary/aromatic N) is 1. The van der Waals surface area contributed by atoms with Crippen LogP contribution in [0.1, 0.15) is 20.8 Å². The summed E-state index contributed by atoms with van der Waals surface area (Å²) < 4.78 is 5.46. The average molecular weight is 206 g/mol. The van der Waals surface area contributed by atoms with E-state index in [1.165, 1.54) is 0 Å². The van der Waals surface area contributed by atoms with Crippen molar-refractivity contribution in [2.45, 2.75) is 26.3 Å². The van der Waals surface area contributed by atoms with Crippen LogP contribution in [0.3, 0.4) is 0 Å². The first kappa shape index (κ1) is 11.3. The van der Waals surface area contributed by atoms with Crippen LogP contribution in [0.4, 0.5) is 0 Å². The maximum absolute atomic E-state index is 5.81. The van der Waals surface area contributed by atoms with Gasteiger partial charge in [-0.3, -0.25) is 4.90 Å². The topological polar surface area (TPSA) is 12.5 Å². The number of rotatable bonds is 3. The highest BCUT2D eigenvalue weighted by molar-refractivity contribution is 6.18. The second-order valence-electron chi connectivity index (χ2n) is 4.57. The van der Waals surface area contributed by atoms with Gasteiger partial charge in [-0.2, -0.15) is 0 Å². The third-order valence-electron chi connectivity index (χ3n) is 2.61. The molecule has 0 saturated carbocycles. The monoisotopic (exact) mass is 205 g/mol. The van der Waals surface area contributed by atoms with E-state index in [0.717, 1.165) is 32.2 Å². The number of alkyl halides is 1. The van der Waals surface area contributed by atoms with Crippen LogP contribution in [0.2, 0.25) is 0 Å². The van der Waals surface area contributed by atoms with E-state index in [-0.39, 0.29) is 5.54 Å². The van der Waals surface area contributed by atoms with Gasteiger partial charge in [-0.25, -0.2) is 0 Å². The molecule has 1 rings (SSSR count). The Hall–Kier alpha value is 0.210. The molecule has 0 bridgehead atoms. The van der Waals surface area contributed by atoms with Gasteiger partial charge in [0.05, 0.1) is 13.2 Å². The van der Waals surface area contributed by atoms with Crippen LogP contribution in [0.15, 0.2) is 0 Å². The van der Waals surface area contributed by atoms with Crippen molar-refractivity contribution in [2.24, 2.45) is 5.92 Å². The lowest BCUT2D eigenvalue weighted by molar-refractivity contribution is -0.0552. The van der Waals surface area contributed by atoms with Gasteiger partial charge in [0.2, 0.25) is 0 Å². The third kappa shape index (κ3) is 3.12. The van der Waals surface area contributed by atoms with Gasteiger partial charge in [0.1, 0.15) is 0 Å². The summed E-state index contributed by atoms with van der Waals surface area (Å²) in [5, 5.41) is 0. The molecule has 78 valence electrons. The molecule has 1 atom stereocenters. The Bertz CT molecular complexity index is 161. The fraction of sp³-hybridized carbons (Fsp3) is 1.00. The Morgan fingerprint density at radius 2 is 2.23 bits per heavy atom. The Kier molecular flexibility index (Phi) is 4.02. The van der Waals surface area contributed by atoms with E-state index in [4.69, 9.17) is 16.3 Å². The van der Waals surface area contributed by atoms with Gasteiger partial charge in [-0.1, -0.05) is 6.92 Å². The zero-order chi connectivity index (χ0) is 9.90. The molecule has 3 heteroatoms. The Balaban J connectivity index is 2.46. The van der Waals surface area contributed by atoms with Crippen molar-refractivity contribution >= 4 is 11.6 Å². The van der Waals surface area contributed by atoms with Crippen molar-refractivity contribution in [3.63, 3.8) is 0 Å². The number of ether oxygens (including phenoxy) is 1. The van der Waals surface area contributed by atoms with E-state index in [2.05, 4.69) is 25.7 Å². The van der Waals surface area contributed by atoms with Crippen LogP contribution >= 0.6 is 11.6 Å². The lowest BCUT2D eigenvalue weighted by atomic mass is 10.0. The largest absolute Gasteiger partial charge is 0.378 e. The lowest BCUT2D eigenvalue weighted by Crippen LogP contribution is -2.54. The van der Waals surface area contributed by atoms with Crippen LogP contribution < -0.4 is 0 Å². The number of halogens is 1. The van der Waals surface area contributed by atoms with Crippen LogP contribution in [-0.4, -0.2) is 42.6 Å². The van der Waals surface area contributed by atoms with Gasteiger partial charge in [-0.05, 0) is 19.8 Å². The van der Waals surface area contributed by atoms with Crippen LogP contribution in [0, 0.1) is 5.92 Å². The summed E-state index contributed by atoms with van der Waals surface area (Å²) in [7, 11) is 0. The molecule has 1 saturated heterocycles. The molecule has 1 aliphatic rings. The molecule has 13 heavy (non-hydrogen) atoms. The summed E-state index contributed by atoms with van der Waals surface area (Å²) in [4.78, 5) is 2.48. The van der Waals surface area contributed by atoms with Crippen LogP contribution in [0.25, 0.3) is 0 Å². The minimum atomic E-state index is 0.179. The van der Waals surface area contributed by atoms with Crippen LogP contribution in [-0.2, 0) is 4.74 Å². The standard InChI is InChI=1S/C10H20ClNO/c1-9(6-11)7-12-4-5-13-8-10(12,2)3/h9H,4-8H2,1-3H3. The summed E-state index contributed by atoms with van der Waals surface area (Å²) in [6.07, 6.45) is 0. The second kappa shape index (κ2) is 4.63. The minimum Gasteiger partial charge on any atom is -0.378 e. The van der Waals surface area contributed by atoms with Gasteiger partial charge in [0, 0.05) is 24.5 Å². The van der Waals surface area contributed by atoms with E-state index in [1.54, 1.807) is 0 Å². The van der Waals surface area contributed by atoms with Gasteiger partial charge in [0.15, 0.2) is 0 Å². The molecule has 1 fully saturated rings. The van der Waals surface area contributed by atoms with Gasteiger partial charge in [0.25, 0.3) is 0 Å². The molecule has 0 radical (unpaired) electrons. The van der Waals surface area contributed by atoms with Gasteiger partial charge < -0.3 is 4.74 Å². The number of hydrogen-bond donors (Lipinski definition) is 0. The van der Waals surface area contributed by atoms with Crippen molar-refractivity contribution in [3.8, 4) is 0 Å². The summed E-state index contributed by atoms with van der Waals surface area (Å²) in [6.45, 7) is 10.5. The van der Waals surface area contributed by atoms with Crippen LogP contribution in [0.5, 0.6) is 0 Å². The number of hydrogen-bond acceptors (Lipinski definition) is 2. The third-order valence-corrected chi connectivity index (χ3v) is 3.14. The zero-order valence-corrected chi connectivity index (χ0v) is 9.60. The Morgan fingerprint density at radius 3 is 2.77 bits per heavy atom. The van der Waals surface area contributed by atoms with Gasteiger partial charge >= 0.3 is 0 Å². The molecule has 0 aromatic heterocycles. The number of morpholine rings is 1. The highest BCUT2D eigenvalue weighted by Gasteiger charge is 2.30. The SMILES string of the molecule is CC(CCl)CN1CCOCC1(C)C. The average Bonchev–Trinajstić information content (AvgIpc) is 2.08. The normalized spacial score (nSPS) is 25.8. The predicted molar refractivity (Wildman–Crippen MR) is 56.4 cm³/mol. The van der Waals surface area contributed by atoms with Crippen molar-refractivity contribution < 1.29 is 4.74 Å². The molecule has 0 N–H and O–H groups in total. The quantitative estimate of drug-likeness (QED) is 0.654. The fourth-order valence-electron chi connectivity index (χ4n) is 1.65. The van der Waals surface area contributed by atoms with Gasteiger partial charge in [-0.15, -0.1) is 11.6 Å². The summed E-state index contributed by atoms with van der Waals surface area (Å²) >= 11 is 5.81. The molecule has 0 amide bonds. The Morgan fingerprint density at radius 1 is 1.54 bits per heavy atom. The predicted octanol–water partition coefficient (Wildman–Crippen LogP) is 1.97. The van der Waals surface area contributed by atoms with E-state index in [9.17, 15) is 0 Å². The minimum absolute atomic E-state index is 0.179. The van der Waals surface area contributed by atoms with E-state index >= 15 is 0 Å². The first-order valence-electron chi connectivity index (χ1n) is 4.95. The molecule has 0 aromatic rings. The molecule has 1 unspecified atom stereocenters. The molecule has 0 aromatic carbocycles. The first-order chi connectivity index (χ1) is 6.06. The maximum Gasteiger partial charge on any atom is 0.0645 e. The molecular weight excluding hydrogens is 186 g/mol.